The van der Waals surface area contributed by atoms with Crippen molar-refractivity contribution in [2.24, 2.45) is 0 Å². The molecule has 0 saturated heterocycles. The van der Waals surface area contributed by atoms with Gasteiger partial charge in [0.25, 0.3) is 0 Å². The number of amides is 5. The summed E-state index contributed by atoms with van der Waals surface area (Å²) in [6, 6.07) is -5.68. The Balaban J connectivity index is 5.63. The van der Waals surface area contributed by atoms with E-state index in [1.165, 1.54) is 20.8 Å². The lowest BCUT2D eigenvalue weighted by Crippen LogP contribution is -2.53. The molecule has 0 saturated carbocycles. The molecule has 0 aromatic heterocycles. The van der Waals surface area contributed by atoms with E-state index in [0.717, 1.165) is 33.1 Å². The maximum atomic E-state index is 13.0. The molecule has 0 aliphatic carbocycles. The molecule has 0 heterocycles. The molecule has 17 nitrogen and oxygen atoms in total. The van der Waals surface area contributed by atoms with E-state index in [4.69, 9.17) is 14.2 Å². The van der Waals surface area contributed by atoms with Gasteiger partial charge >= 0.3 is 24.0 Å². The van der Waals surface area contributed by atoms with Crippen molar-refractivity contribution in [3.05, 3.63) is 0 Å². The Labute approximate surface area is 266 Å². The minimum Gasteiger partial charge on any atom is -0.467 e. The number of thioether (sulfide) groups is 1. The second-order valence-corrected chi connectivity index (χ2v) is 11.8. The Morgan fingerprint density at radius 3 is 1.69 bits per heavy atom. The van der Waals surface area contributed by atoms with Gasteiger partial charge in [0.2, 0.25) is 23.6 Å². The third-order valence-corrected chi connectivity index (χ3v) is 6.72. The van der Waals surface area contributed by atoms with Gasteiger partial charge in [0.15, 0.2) is 0 Å². The van der Waals surface area contributed by atoms with Crippen molar-refractivity contribution in [3.63, 3.8) is 0 Å². The van der Waals surface area contributed by atoms with Crippen molar-refractivity contribution in [1.29, 1.82) is 0 Å². The highest BCUT2D eigenvalue weighted by atomic mass is 32.2. The van der Waals surface area contributed by atoms with Crippen LogP contribution in [-0.2, 0) is 52.5 Å². The van der Waals surface area contributed by atoms with Crippen molar-refractivity contribution >= 4 is 59.4 Å². The number of hydrogen-bond acceptors (Lipinski definition) is 13. The van der Waals surface area contributed by atoms with Gasteiger partial charge in [-0.25, -0.2) is 19.2 Å². The first-order valence-electron chi connectivity index (χ1n) is 13.8. The van der Waals surface area contributed by atoms with Gasteiger partial charge in [0.05, 0.1) is 21.3 Å². The Morgan fingerprint density at radius 1 is 0.644 bits per heavy atom. The SMILES string of the molecule is COC(=O)[C@H](CSC[C@@H](NC(=O)CC[C@@H](NC(=O)[C@H](C)NC(C)=O)C(=O)OC)C(=O)N[C@H](C)C(=O)OC)NC(=O)OC(C)(C)C. The van der Waals surface area contributed by atoms with Crippen LogP contribution in [0.1, 0.15) is 54.4 Å². The Bertz CT molecular complexity index is 1080. The number of nitrogens with one attached hydrogen (secondary N) is 5. The summed E-state index contributed by atoms with van der Waals surface area (Å²) in [5, 5.41) is 12.1. The number of carbonyl (C=O) groups excluding carboxylic acids is 8. The van der Waals surface area contributed by atoms with E-state index in [0.29, 0.717) is 0 Å². The summed E-state index contributed by atoms with van der Waals surface area (Å²) in [6.07, 6.45) is -1.44. The molecule has 5 amide bonds. The molecule has 256 valence electrons. The van der Waals surface area contributed by atoms with Gasteiger partial charge in [-0.1, -0.05) is 0 Å². The topological polar surface area (TPSA) is 234 Å². The van der Waals surface area contributed by atoms with Crippen LogP contribution < -0.4 is 26.6 Å². The lowest BCUT2D eigenvalue weighted by Gasteiger charge is -2.24. The average molecular weight is 664 g/mol. The minimum absolute atomic E-state index is 0.0823. The number of rotatable bonds is 17. The summed E-state index contributed by atoms with van der Waals surface area (Å²) in [6.45, 7) is 8.92. The van der Waals surface area contributed by atoms with Gasteiger partial charge < -0.3 is 45.5 Å². The van der Waals surface area contributed by atoms with Crippen LogP contribution in [0.2, 0.25) is 0 Å². The molecule has 18 heteroatoms. The molecule has 0 bridgehead atoms. The van der Waals surface area contributed by atoms with Crippen LogP contribution in [0.25, 0.3) is 0 Å². The summed E-state index contributed by atoms with van der Waals surface area (Å²) in [7, 11) is 3.36. The van der Waals surface area contributed by atoms with Crippen LogP contribution in [0.3, 0.4) is 0 Å². The van der Waals surface area contributed by atoms with Gasteiger partial charge in [-0.2, -0.15) is 11.8 Å². The molecule has 0 fully saturated rings. The van der Waals surface area contributed by atoms with E-state index in [9.17, 15) is 38.4 Å². The molecule has 0 aromatic rings. The Kier molecular flexibility index (Phi) is 18.2. The van der Waals surface area contributed by atoms with E-state index >= 15 is 0 Å². The lowest BCUT2D eigenvalue weighted by atomic mass is 10.1. The van der Waals surface area contributed by atoms with Gasteiger partial charge in [-0.05, 0) is 41.0 Å². The highest BCUT2D eigenvalue weighted by molar-refractivity contribution is 7.99. The molecule has 0 spiro atoms. The zero-order valence-corrected chi connectivity index (χ0v) is 27.8. The van der Waals surface area contributed by atoms with Crippen LogP contribution in [0.5, 0.6) is 0 Å². The van der Waals surface area contributed by atoms with Crippen molar-refractivity contribution in [3.8, 4) is 0 Å². The molecule has 0 radical (unpaired) electrons. The summed E-state index contributed by atoms with van der Waals surface area (Å²) in [4.78, 5) is 98.1. The molecule has 0 rings (SSSR count). The predicted octanol–water partition coefficient (Wildman–Crippen LogP) is -1.09. The van der Waals surface area contributed by atoms with Gasteiger partial charge in [0, 0.05) is 24.9 Å². The molecule has 0 aliphatic rings. The van der Waals surface area contributed by atoms with Gasteiger partial charge in [0.1, 0.15) is 35.8 Å². The molecule has 0 aromatic carbocycles. The largest absolute Gasteiger partial charge is 0.467 e. The second-order valence-electron chi connectivity index (χ2n) is 10.7. The highest BCUT2D eigenvalue weighted by Crippen LogP contribution is 2.11. The van der Waals surface area contributed by atoms with Crippen LogP contribution >= 0.6 is 11.8 Å². The van der Waals surface area contributed by atoms with E-state index in [2.05, 4.69) is 31.3 Å². The summed E-state index contributed by atoms with van der Waals surface area (Å²) < 4.78 is 19.2. The maximum Gasteiger partial charge on any atom is 0.408 e. The number of methoxy groups -OCH3 is 3. The van der Waals surface area contributed by atoms with E-state index in [-0.39, 0.29) is 24.3 Å². The highest BCUT2D eigenvalue weighted by Gasteiger charge is 2.30. The second kappa shape index (κ2) is 20.0. The third-order valence-electron chi connectivity index (χ3n) is 5.59. The number of hydrogen-bond donors (Lipinski definition) is 5. The number of ether oxygens (including phenoxy) is 4. The Hall–Kier alpha value is -4.09. The first-order chi connectivity index (χ1) is 20.8. The maximum absolute atomic E-state index is 13.0. The lowest BCUT2D eigenvalue weighted by molar-refractivity contribution is -0.145. The van der Waals surface area contributed by atoms with Crippen molar-refractivity contribution in [2.75, 3.05) is 32.8 Å². The predicted molar refractivity (Wildman–Crippen MR) is 161 cm³/mol. The van der Waals surface area contributed by atoms with Crippen molar-refractivity contribution in [2.45, 2.75) is 90.2 Å². The van der Waals surface area contributed by atoms with Gasteiger partial charge in [-0.15, -0.1) is 0 Å². The first kappa shape index (κ1) is 40.9. The molecule has 0 aliphatic heterocycles. The summed E-state index contributed by atoms with van der Waals surface area (Å²) in [5.74, 6) is -5.17. The fraction of sp³-hybridized carbons (Fsp3) is 0.704. The fourth-order valence-electron chi connectivity index (χ4n) is 3.40. The van der Waals surface area contributed by atoms with Crippen LogP contribution in [0.15, 0.2) is 0 Å². The average Bonchev–Trinajstić information content (AvgIpc) is 2.95. The molecular formula is C27H45N5O12S. The van der Waals surface area contributed by atoms with Gasteiger partial charge in [-0.3, -0.25) is 19.2 Å². The van der Waals surface area contributed by atoms with Crippen molar-refractivity contribution in [1.82, 2.24) is 26.6 Å². The quantitative estimate of drug-likeness (QED) is 0.0921. The third kappa shape index (κ3) is 17.1. The Morgan fingerprint density at radius 2 is 1.18 bits per heavy atom. The molecule has 0 unspecified atom stereocenters. The molecule has 5 atom stereocenters. The first-order valence-corrected chi connectivity index (χ1v) is 15.0. The number of esters is 3. The van der Waals surface area contributed by atoms with Crippen molar-refractivity contribution < 1.29 is 57.3 Å². The van der Waals surface area contributed by atoms with Crippen LogP contribution in [0, 0.1) is 0 Å². The molecule has 45 heavy (non-hydrogen) atoms. The fourth-order valence-corrected chi connectivity index (χ4v) is 4.46. The van der Waals surface area contributed by atoms with E-state index < -0.39 is 83.4 Å². The summed E-state index contributed by atoms with van der Waals surface area (Å²) in [5.41, 5.74) is -0.832. The number of alkyl carbamates (subject to hydrolysis) is 1. The normalized spacial score (nSPS) is 14.2. The zero-order chi connectivity index (χ0) is 34.9. The zero-order valence-electron chi connectivity index (χ0n) is 27.0. The van der Waals surface area contributed by atoms with Crippen LogP contribution in [-0.4, -0.2) is 116 Å². The molecule has 5 N–H and O–H groups in total. The van der Waals surface area contributed by atoms with Crippen LogP contribution in [0.4, 0.5) is 4.79 Å². The monoisotopic (exact) mass is 663 g/mol. The summed E-state index contributed by atoms with van der Waals surface area (Å²) >= 11 is 1.01. The smallest absolute Gasteiger partial charge is 0.408 e. The minimum atomic E-state index is -1.25. The molecular weight excluding hydrogens is 618 g/mol. The standard InChI is InChI=1S/C27H45N5O12S/c1-14(28-16(3)33)21(35)31-17(24(38)42-8)10-11-20(34)30-18(22(36)29-15(2)23(37)41-7)12-45-13-19(25(39)43-9)32-26(40)44-27(4,5)6/h14-15,17-19H,10-13H2,1-9H3,(H,28,33)(H,29,36)(H,30,34)(H,31,35)(H,32,40)/t14-,15+,17+,18+,19-/m0/s1. The van der Waals surface area contributed by atoms with E-state index in [1.54, 1.807) is 20.8 Å². The number of carbonyl (C=O) groups is 8. The van der Waals surface area contributed by atoms with E-state index in [1.807, 2.05) is 0 Å².